The van der Waals surface area contributed by atoms with Crippen LogP contribution in [-0.2, 0) is 6.42 Å². The van der Waals surface area contributed by atoms with Gasteiger partial charge < -0.3 is 5.32 Å². The van der Waals surface area contributed by atoms with Crippen LogP contribution in [-0.4, -0.2) is 22.4 Å². The highest BCUT2D eigenvalue weighted by Crippen LogP contribution is 2.29. The minimum absolute atomic E-state index is 0.159. The number of para-hydroxylation sites is 1. The number of hydrogen-bond acceptors (Lipinski definition) is 2. The van der Waals surface area contributed by atoms with Crippen molar-refractivity contribution in [2.75, 3.05) is 0 Å². The molecule has 0 fully saturated rings. The lowest BCUT2D eigenvalue weighted by molar-refractivity contribution is -0.0121. The number of hydrogen-bond donors (Lipinski definition) is 1. The third-order valence-electron chi connectivity index (χ3n) is 4.48. The van der Waals surface area contributed by atoms with Crippen molar-refractivity contribution in [3.63, 3.8) is 0 Å². The molecular formula is C22H21F3N2O. The third kappa shape index (κ3) is 4.88. The monoisotopic (exact) mass is 386 g/mol. The van der Waals surface area contributed by atoms with Gasteiger partial charge >= 0.3 is 0 Å². The van der Waals surface area contributed by atoms with E-state index in [9.17, 15) is 18.0 Å². The van der Waals surface area contributed by atoms with Gasteiger partial charge in [-0.3, -0.25) is 9.78 Å². The van der Waals surface area contributed by atoms with Crippen molar-refractivity contribution >= 4 is 16.8 Å². The number of fused-ring (bicyclic) bond motifs is 1. The molecule has 1 atom stereocenters. The molecule has 146 valence electrons. The van der Waals surface area contributed by atoms with Gasteiger partial charge in [-0.05, 0) is 38.0 Å². The van der Waals surface area contributed by atoms with Crippen LogP contribution in [0, 0.1) is 5.82 Å². The van der Waals surface area contributed by atoms with Crippen LogP contribution in [0.3, 0.4) is 0 Å². The Morgan fingerprint density at radius 3 is 2.46 bits per heavy atom. The summed E-state index contributed by atoms with van der Waals surface area (Å²) in [7, 11) is 0. The second-order valence-corrected chi connectivity index (χ2v) is 7.46. The molecule has 28 heavy (non-hydrogen) atoms. The molecule has 0 bridgehead atoms. The molecule has 2 aromatic carbocycles. The van der Waals surface area contributed by atoms with E-state index in [1.54, 1.807) is 13.0 Å². The molecular weight excluding hydrogens is 365 g/mol. The predicted molar refractivity (Wildman–Crippen MR) is 103 cm³/mol. The number of aromatic nitrogens is 1. The first-order chi connectivity index (χ1) is 13.2. The molecule has 1 amide bonds. The molecule has 0 spiro atoms. The number of benzene rings is 2. The summed E-state index contributed by atoms with van der Waals surface area (Å²) in [6.45, 7) is 2.44. The van der Waals surface area contributed by atoms with Gasteiger partial charge in [0.1, 0.15) is 11.3 Å². The van der Waals surface area contributed by atoms with E-state index in [0.29, 0.717) is 5.39 Å². The Morgan fingerprint density at radius 1 is 1.07 bits per heavy atom. The zero-order valence-electron chi connectivity index (χ0n) is 15.7. The van der Waals surface area contributed by atoms with E-state index in [4.69, 9.17) is 0 Å². The van der Waals surface area contributed by atoms with Crippen LogP contribution in [0.25, 0.3) is 10.9 Å². The number of carbonyl (C=O) groups is 1. The van der Waals surface area contributed by atoms with Gasteiger partial charge in [0, 0.05) is 23.5 Å². The summed E-state index contributed by atoms with van der Waals surface area (Å²) in [5.74, 6) is -3.97. The van der Waals surface area contributed by atoms with E-state index in [-0.39, 0.29) is 17.5 Å². The normalized spacial score (nSPS) is 13.9. The fourth-order valence-corrected chi connectivity index (χ4v) is 3.48. The zero-order chi connectivity index (χ0) is 20.4. The van der Waals surface area contributed by atoms with Gasteiger partial charge in [-0.25, -0.2) is 13.2 Å². The molecule has 1 N–H and O–H groups in total. The van der Waals surface area contributed by atoms with Gasteiger partial charge in [-0.15, -0.1) is 0 Å². The highest BCUT2D eigenvalue weighted by atomic mass is 19.3. The summed E-state index contributed by atoms with van der Waals surface area (Å²) in [5, 5.41) is 3.21. The number of pyridine rings is 1. The number of amides is 1. The Bertz CT molecular complexity index is 986. The molecule has 3 nitrogen and oxygen atoms in total. The average molecular weight is 386 g/mol. The standard InChI is InChI=1S/C22H21F3N2O/c1-21(14-22(2,24)25,12-15-7-4-3-5-8-15)27-20(28)17-11-16-9-6-10-18(23)19(16)26-13-17/h3-11,13H,12,14H2,1-2H3,(H,27,28)/t21-/m0/s1. The van der Waals surface area contributed by atoms with E-state index < -0.39 is 29.6 Å². The van der Waals surface area contributed by atoms with E-state index in [1.807, 2.05) is 30.3 Å². The fraction of sp³-hybridized carbons (Fsp3) is 0.273. The first-order valence-corrected chi connectivity index (χ1v) is 8.94. The maximum Gasteiger partial charge on any atom is 0.253 e. The minimum Gasteiger partial charge on any atom is -0.346 e. The molecule has 0 aliphatic rings. The summed E-state index contributed by atoms with van der Waals surface area (Å²) in [6, 6.07) is 15.1. The van der Waals surface area contributed by atoms with Crippen molar-refractivity contribution in [1.82, 2.24) is 10.3 Å². The van der Waals surface area contributed by atoms with Gasteiger partial charge in [-0.2, -0.15) is 0 Å². The Kier molecular flexibility index (Phi) is 5.40. The number of alkyl halides is 2. The molecule has 0 radical (unpaired) electrons. The SMILES string of the molecule is CC(F)(F)C[C@](C)(Cc1ccccc1)NC(=O)c1cnc2c(F)cccc2c1. The zero-order valence-corrected chi connectivity index (χ0v) is 15.7. The van der Waals surface area contributed by atoms with Crippen LogP contribution >= 0.6 is 0 Å². The van der Waals surface area contributed by atoms with Gasteiger partial charge in [0.15, 0.2) is 0 Å². The fourth-order valence-electron chi connectivity index (χ4n) is 3.48. The van der Waals surface area contributed by atoms with Crippen molar-refractivity contribution in [3.05, 3.63) is 77.7 Å². The van der Waals surface area contributed by atoms with Crippen molar-refractivity contribution in [1.29, 1.82) is 0 Å². The number of rotatable bonds is 6. The maximum absolute atomic E-state index is 13.8. The summed E-state index contributed by atoms with van der Waals surface area (Å²) < 4.78 is 41.4. The first kappa shape index (κ1) is 19.9. The second kappa shape index (κ2) is 7.62. The predicted octanol–water partition coefficient (Wildman–Crippen LogP) is 5.15. The van der Waals surface area contributed by atoms with Crippen molar-refractivity contribution in [2.45, 2.75) is 38.2 Å². The number of nitrogens with one attached hydrogen (secondary N) is 1. The first-order valence-electron chi connectivity index (χ1n) is 8.94. The third-order valence-corrected chi connectivity index (χ3v) is 4.48. The summed E-state index contributed by atoms with van der Waals surface area (Å²) >= 11 is 0. The molecule has 3 rings (SSSR count). The van der Waals surface area contributed by atoms with Gasteiger partial charge in [0.25, 0.3) is 5.91 Å². The van der Waals surface area contributed by atoms with E-state index in [1.165, 1.54) is 24.4 Å². The van der Waals surface area contributed by atoms with Crippen LogP contribution in [0.15, 0.2) is 60.8 Å². The largest absolute Gasteiger partial charge is 0.346 e. The molecule has 1 heterocycles. The van der Waals surface area contributed by atoms with E-state index in [0.717, 1.165) is 12.5 Å². The number of halogens is 3. The van der Waals surface area contributed by atoms with Crippen LogP contribution in [0.5, 0.6) is 0 Å². The molecule has 0 unspecified atom stereocenters. The van der Waals surface area contributed by atoms with Gasteiger partial charge in [0.05, 0.1) is 5.56 Å². The summed E-state index contributed by atoms with van der Waals surface area (Å²) in [6.07, 6.45) is 0.989. The Morgan fingerprint density at radius 2 is 1.79 bits per heavy atom. The minimum atomic E-state index is -2.96. The van der Waals surface area contributed by atoms with Crippen molar-refractivity contribution in [3.8, 4) is 0 Å². The van der Waals surface area contributed by atoms with Gasteiger partial charge in [-0.1, -0.05) is 42.5 Å². The smallest absolute Gasteiger partial charge is 0.253 e. The molecule has 6 heteroatoms. The number of carbonyl (C=O) groups excluding carboxylic acids is 1. The second-order valence-electron chi connectivity index (χ2n) is 7.46. The Balaban J connectivity index is 1.88. The average Bonchev–Trinajstić information content (AvgIpc) is 2.60. The summed E-state index contributed by atoms with van der Waals surface area (Å²) in [4.78, 5) is 16.8. The molecule has 3 aromatic rings. The quantitative estimate of drug-likeness (QED) is 0.637. The van der Waals surface area contributed by atoms with Crippen molar-refractivity contribution in [2.24, 2.45) is 0 Å². The maximum atomic E-state index is 13.8. The Labute approximate surface area is 161 Å². The molecule has 1 aromatic heterocycles. The Hall–Kier alpha value is -2.89. The molecule has 0 aliphatic heterocycles. The van der Waals surface area contributed by atoms with Gasteiger partial charge in [0.2, 0.25) is 5.92 Å². The van der Waals surface area contributed by atoms with E-state index in [2.05, 4.69) is 10.3 Å². The highest BCUT2D eigenvalue weighted by Gasteiger charge is 2.37. The van der Waals surface area contributed by atoms with Crippen LogP contribution < -0.4 is 5.32 Å². The highest BCUT2D eigenvalue weighted by molar-refractivity contribution is 5.97. The van der Waals surface area contributed by atoms with Crippen LogP contribution in [0.2, 0.25) is 0 Å². The lowest BCUT2D eigenvalue weighted by Gasteiger charge is -2.33. The molecule has 0 saturated heterocycles. The lowest BCUT2D eigenvalue weighted by Crippen LogP contribution is -2.50. The molecule has 0 aliphatic carbocycles. The number of nitrogens with zero attached hydrogens (tertiary/aromatic N) is 1. The topological polar surface area (TPSA) is 42.0 Å². The lowest BCUT2D eigenvalue weighted by atomic mass is 9.86. The molecule has 0 saturated carbocycles. The van der Waals surface area contributed by atoms with Crippen LogP contribution in [0.4, 0.5) is 13.2 Å². The van der Waals surface area contributed by atoms with Crippen LogP contribution in [0.1, 0.15) is 36.2 Å². The van der Waals surface area contributed by atoms with Crippen molar-refractivity contribution < 1.29 is 18.0 Å². The van der Waals surface area contributed by atoms with E-state index >= 15 is 0 Å². The summed E-state index contributed by atoms with van der Waals surface area (Å²) in [5.41, 5.74) is 0.0179.